The Morgan fingerprint density at radius 3 is 2.38 bits per heavy atom. The van der Waals surface area contributed by atoms with E-state index < -0.39 is 17.8 Å². The summed E-state index contributed by atoms with van der Waals surface area (Å²) in [5.74, 6) is -1.09. The Kier molecular flexibility index (Phi) is 5.31. The normalized spacial score (nSPS) is 17.0. The van der Waals surface area contributed by atoms with Crippen LogP contribution in [0.5, 0.6) is 0 Å². The first-order valence-corrected chi connectivity index (χ1v) is 7.26. The van der Waals surface area contributed by atoms with Crippen molar-refractivity contribution in [2.75, 3.05) is 7.11 Å². The van der Waals surface area contributed by atoms with Crippen molar-refractivity contribution < 1.29 is 18.7 Å². The molecule has 21 heavy (non-hydrogen) atoms. The Balaban J connectivity index is 2.08. The molecule has 5 heteroatoms. The standard InChI is InChI=1S/C16H20FNO3/c1-21-16(20)14(11-5-3-2-4-6-11)18-15(19)12-7-9-13(17)10-8-12/h7-11,14H,2-6H2,1H3,(H,18,19)/t14-/m0/s1. The fraction of sp³-hybridized carbons (Fsp3) is 0.500. The predicted octanol–water partition coefficient (Wildman–Crippen LogP) is 2.68. The van der Waals surface area contributed by atoms with Gasteiger partial charge in [0.2, 0.25) is 0 Å². The number of amides is 1. The van der Waals surface area contributed by atoms with Crippen LogP contribution in [0, 0.1) is 11.7 Å². The van der Waals surface area contributed by atoms with Crippen molar-refractivity contribution in [1.82, 2.24) is 5.32 Å². The maximum atomic E-state index is 12.9. The van der Waals surface area contributed by atoms with Gasteiger partial charge in [-0.3, -0.25) is 4.79 Å². The molecule has 2 rings (SSSR count). The number of hydrogen-bond acceptors (Lipinski definition) is 3. The molecule has 1 N–H and O–H groups in total. The smallest absolute Gasteiger partial charge is 0.328 e. The van der Waals surface area contributed by atoms with Gasteiger partial charge in [0.05, 0.1) is 7.11 Å². The first kappa shape index (κ1) is 15.5. The van der Waals surface area contributed by atoms with Gasteiger partial charge < -0.3 is 10.1 Å². The van der Waals surface area contributed by atoms with Gasteiger partial charge in [-0.2, -0.15) is 0 Å². The molecule has 1 aliphatic rings. The van der Waals surface area contributed by atoms with Gasteiger partial charge in [-0.15, -0.1) is 0 Å². The van der Waals surface area contributed by atoms with Crippen LogP contribution in [0.3, 0.4) is 0 Å². The molecule has 1 saturated carbocycles. The predicted molar refractivity (Wildman–Crippen MR) is 76.2 cm³/mol. The van der Waals surface area contributed by atoms with Crippen LogP contribution < -0.4 is 5.32 Å². The van der Waals surface area contributed by atoms with E-state index in [1.54, 1.807) is 0 Å². The van der Waals surface area contributed by atoms with Gasteiger partial charge in [0, 0.05) is 5.56 Å². The zero-order chi connectivity index (χ0) is 15.2. The summed E-state index contributed by atoms with van der Waals surface area (Å²) in [6.45, 7) is 0. The molecule has 0 aliphatic heterocycles. The van der Waals surface area contributed by atoms with Crippen LogP contribution in [0.4, 0.5) is 4.39 Å². The highest BCUT2D eigenvalue weighted by Gasteiger charge is 2.31. The van der Waals surface area contributed by atoms with Crippen molar-refractivity contribution in [2.45, 2.75) is 38.1 Å². The largest absolute Gasteiger partial charge is 0.467 e. The summed E-state index contributed by atoms with van der Waals surface area (Å²) in [5, 5.41) is 2.74. The average molecular weight is 293 g/mol. The molecular formula is C16H20FNO3. The topological polar surface area (TPSA) is 55.4 Å². The summed E-state index contributed by atoms with van der Waals surface area (Å²) in [5.41, 5.74) is 0.334. The van der Waals surface area contributed by atoms with Crippen LogP contribution in [0.1, 0.15) is 42.5 Å². The van der Waals surface area contributed by atoms with Gasteiger partial charge in [-0.1, -0.05) is 19.3 Å². The van der Waals surface area contributed by atoms with Crippen molar-refractivity contribution in [3.8, 4) is 0 Å². The third-order valence-electron chi connectivity index (χ3n) is 3.97. The lowest BCUT2D eigenvalue weighted by molar-refractivity contribution is -0.144. The molecule has 1 aromatic rings. The van der Waals surface area contributed by atoms with E-state index >= 15 is 0 Å². The molecule has 0 aromatic heterocycles. The van der Waals surface area contributed by atoms with Crippen molar-refractivity contribution in [1.29, 1.82) is 0 Å². The molecule has 0 radical (unpaired) electrons. The second kappa shape index (κ2) is 7.20. The Bertz CT molecular complexity index is 495. The summed E-state index contributed by atoms with van der Waals surface area (Å²) >= 11 is 0. The fourth-order valence-corrected chi connectivity index (χ4v) is 2.79. The Morgan fingerprint density at radius 1 is 1.19 bits per heavy atom. The van der Waals surface area contributed by atoms with Crippen molar-refractivity contribution >= 4 is 11.9 Å². The van der Waals surface area contributed by atoms with E-state index in [4.69, 9.17) is 4.74 Å². The Morgan fingerprint density at radius 2 is 1.81 bits per heavy atom. The first-order valence-electron chi connectivity index (χ1n) is 7.26. The number of rotatable bonds is 4. The van der Waals surface area contributed by atoms with Gasteiger partial charge in [0.25, 0.3) is 5.91 Å². The first-order chi connectivity index (χ1) is 10.1. The molecule has 4 nitrogen and oxygen atoms in total. The molecule has 0 spiro atoms. The quantitative estimate of drug-likeness (QED) is 0.868. The number of benzene rings is 1. The average Bonchev–Trinajstić information content (AvgIpc) is 2.53. The van der Waals surface area contributed by atoms with E-state index in [0.29, 0.717) is 5.56 Å². The maximum Gasteiger partial charge on any atom is 0.328 e. The van der Waals surface area contributed by atoms with Crippen LogP contribution in [0.2, 0.25) is 0 Å². The Hall–Kier alpha value is -1.91. The zero-order valence-electron chi connectivity index (χ0n) is 12.1. The lowest BCUT2D eigenvalue weighted by atomic mass is 9.83. The molecule has 0 bridgehead atoms. The molecule has 1 fully saturated rings. The van der Waals surface area contributed by atoms with Crippen LogP contribution in [-0.4, -0.2) is 25.0 Å². The van der Waals surface area contributed by atoms with E-state index in [2.05, 4.69) is 5.32 Å². The van der Waals surface area contributed by atoms with Crippen LogP contribution in [0.15, 0.2) is 24.3 Å². The fourth-order valence-electron chi connectivity index (χ4n) is 2.79. The molecule has 1 amide bonds. The number of esters is 1. The number of methoxy groups -OCH3 is 1. The summed E-state index contributed by atoms with van der Waals surface area (Å²) in [6, 6.07) is 4.62. The van der Waals surface area contributed by atoms with Gasteiger partial charge in [-0.05, 0) is 43.0 Å². The van der Waals surface area contributed by atoms with Gasteiger partial charge in [0.1, 0.15) is 11.9 Å². The van der Waals surface area contributed by atoms with E-state index in [9.17, 15) is 14.0 Å². The minimum atomic E-state index is -0.632. The van der Waals surface area contributed by atoms with E-state index in [-0.39, 0.29) is 11.8 Å². The summed E-state index contributed by atoms with van der Waals surface area (Å²) < 4.78 is 17.7. The summed E-state index contributed by atoms with van der Waals surface area (Å²) in [4.78, 5) is 24.1. The number of hydrogen-bond donors (Lipinski definition) is 1. The minimum absolute atomic E-state index is 0.107. The number of carbonyl (C=O) groups is 2. The molecule has 0 unspecified atom stereocenters. The number of halogens is 1. The minimum Gasteiger partial charge on any atom is -0.467 e. The van der Waals surface area contributed by atoms with Crippen LogP contribution >= 0.6 is 0 Å². The zero-order valence-corrected chi connectivity index (χ0v) is 12.1. The van der Waals surface area contributed by atoms with E-state index in [1.165, 1.54) is 31.4 Å². The lowest BCUT2D eigenvalue weighted by Gasteiger charge is -2.29. The van der Waals surface area contributed by atoms with Gasteiger partial charge in [0.15, 0.2) is 0 Å². The Labute approximate surface area is 123 Å². The lowest BCUT2D eigenvalue weighted by Crippen LogP contribution is -2.47. The molecule has 1 atom stereocenters. The maximum absolute atomic E-state index is 12.9. The molecule has 1 aliphatic carbocycles. The van der Waals surface area contributed by atoms with Gasteiger partial charge >= 0.3 is 5.97 Å². The van der Waals surface area contributed by atoms with E-state index in [1.807, 2.05) is 0 Å². The highest BCUT2D eigenvalue weighted by molar-refractivity contribution is 5.96. The monoisotopic (exact) mass is 293 g/mol. The number of ether oxygens (including phenoxy) is 1. The van der Waals surface area contributed by atoms with Crippen LogP contribution in [-0.2, 0) is 9.53 Å². The highest BCUT2D eigenvalue weighted by Crippen LogP contribution is 2.27. The van der Waals surface area contributed by atoms with Crippen molar-refractivity contribution in [3.63, 3.8) is 0 Å². The molecule has 0 heterocycles. The van der Waals surface area contributed by atoms with Crippen LogP contribution in [0.25, 0.3) is 0 Å². The highest BCUT2D eigenvalue weighted by atomic mass is 19.1. The van der Waals surface area contributed by atoms with E-state index in [0.717, 1.165) is 32.1 Å². The molecular weight excluding hydrogens is 273 g/mol. The third kappa shape index (κ3) is 4.03. The third-order valence-corrected chi connectivity index (χ3v) is 3.97. The second-order valence-corrected chi connectivity index (χ2v) is 5.38. The SMILES string of the molecule is COC(=O)[C@@H](NC(=O)c1ccc(F)cc1)C1CCCCC1. The molecule has 1 aromatic carbocycles. The number of nitrogens with one attached hydrogen (secondary N) is 1. The second-order valence-electron chi connectivity index (χ2n) is 5.38. The van der Waals surface area contributed by atoms with Crippen molar-refractivity contribution in [3.05, 3.63) is 35.6 Å². The number of carbonyl (C=O) groups excluding carboxylic acids is 2. The summed E-state index contributed by atoms with van der Waals surface area (Å²) in [7, 11) is 1.32. The van der Waals surface area contributed by atoms with Crippen molar-refractivity contribution in [2.24, 2.45) is 5.92 Å². The molecule has 0 saturated heterocycles. The summed E-state index contributed by atoms with van der Waals surface area (Å²) in [6.07, 6.45) is 5.10. The molecule has 114 valence electrons. The van der Waals surface area contributed by atoms with Gasteiger partial charge in [-0.25, -0.2) is 9.18 Å².